The van der Waals surface area contributed by atoms with E-state index in [0.717, 1.165) is 19.5 Å². The van der Waals surface area contributed by atoms with E-state index in [1.165, 1.54) is 49.3 Å². The zero-order chi connectivity index (χ0) is 14.3. The predicted molar refractivity (Wildman–Crippen MR) is 90.0 cm³/mol. The van der Waals surface area contributed by atoms with Gasteiger partial charge in [-0.3, -0.25) is 0 Å². The van der Waals surface area contributed by atoms with Crippen LogP contribution in [0.5, 0.6) is 0 Å². The van der Waals surface area contributed by atoms with Crippen LogP contribution < -0.4 is 10.2 Å². The molecule has 0 unspecified atom stereocenters. The number of piperidine rings is 1. The Morgan fingerprint density at radius 3 is 2.62 bits per heavy atom. The molecule has 1 saturated heterocycles. The highest BCUT2D eigenvalue weighted by molar-refractivity contribution is 7.07. The molecule has 0 radical (unpaired) electrons. The van der Waals surface area contributed by atoms with Crippen molar-refractivity contribution in [2.45, 2.75) is 32.2 Å². The summed E-state index contributed by atoms with van der Waals surface area (Å²) in [4.78, 5) is 6.80. The second-order valence-electron chi connectivity index (χ2n) is 5.62. The molecule has 2 heterocycles. The van der Waals surface area contributed by atoms with Gasteiger partial charge in [-0.05, 0) is 37.0 Å². The monoisotopic (exact) mass is 301 g/mol. The van der Waals surface area contributed by atoms with Crippen LogP contribution in [0.4, 0.5) is 5.69 Å². The number of aromatic nitrogens is 1. The topological polar surface area (TPSA) is 28.2 Å². The van der Waals surface area contributed by atoms with Gasteiger partial charge < -0.3 is 10.2 Å². The second kappa shape index (κ2) is 7.57. The molecule has 3 nitrogen and oxygen atoms in total. The lowest BCUT2D eigenvalue weighted by molar-refractivity contribution is 0.578. The highest BCUT2D eigenvalue weighted by Gasteiger charge is 2.10. The lowest BCUT2D eigenvalue weighted by Gasteiger charge is -2.28. The van der Waals surface area contributed by atoms with E-state index >= 15 is 0 Å². The molecular formula is C17H23N3S. The third kappa shape index (κ3) is 4.29. The van der Waals surface area contributed by atoms with Crippen LogP contribution >= 0.6 is 11.3 Å². The van der Waals surface area contributed by atoms with Crippen LogP contribution in [0.2, 0.25) is 0 Å². The normalized spacial score (nSPS) is 15.3. The third-order valence-corrected chi connectivity index (χ3v) is 4.66. The van der Waals surface area contributed by atoms with E-state index < -0.39 is 0 Å². The van der Waals surface area contributed by atoms with Crippen molar-refractivity contribution < 1.29 is 0 Å². The number of rotatable bonds is 6. The van der Waals surface area contributed by atoms with Crippen LogP contribution in [0.3, 0.4) is 0 Å². The molecule has 4 heteroatoms. The van der Waals surface area contributed by atoms with E-state index in [1.54, 1.807) is 11.3 Å². The number of hydrogen-bond donors (Lipinski definition) is 1. The van der Waals surface area contributed by atoms with Gasteiger partial charge in [0.15, 0.2) is 0 Å². The van der Waals surface area contributed by atoms with E-state index in [0.29, 0.717) is 0 Å². The fourth-order valence-electron chi connectivity index (χ4n) is 2.79. The third-order valence-electron chi connectivity index (χ3n) is 4.03. The maximum atomic E-state index is 4.30. The molecule has 0 bridgehead atoms. The second-order valence-corrected chi connectivity index (χ2v) is 6.34. The summed E-state index contributed by atoms with van der Waals surface area (Å²) in [6, 6.07) is 9.03. The largest absolute Gasteiger partial charge is 0.372 e. The summed E-state index contributed by atoms with van der Waals surface area (Å²) in [6.07, 6.45) is 5.06. The number of hydrogen-bond acceptors (Lipinski definition) is 4. The minimum atomic E-state index is 0.935. The minimum absolute atomic E-state index is 0.935. The Hall–Kier alpha value is -1.39. The number of benzene rings is 1. The zero-order valence-electron chi connectivity index (χ0n) is 12.4. The first kappa shape index (κ1) is 14.5. The Morgan fingerprint density at radius 1 is 1.10 bits per heavy atom. The predicted octanol–water partition coefficient (Wildman–Crippen LogP) is 3.47. The van der Waals surface area contributed by atoms with Crippen molar-refractivity contribution in [2.24, 2.45) is 0 Å². The standard InChI is InChI=1S/C17H23N3S/c1-2-10-20(11-3-1)17-6-4-15(5-7-17)12-18-9-8-16-13-21-14-19-16/h4-7,13-14,18H,1-3,8-12H2. The molecule has 21 heavy (non-hydrogen) atoms. The molecule has 0 amide bonds. The van der Waals surface area contributed by atoms with Gasteiger partial charge in [-0.2, -0.15) is 0 Å². The van der Waals surface area contributed by atoms with E-state index in [-0.39, 0.29) is 0 Å². The van der Waals surface area contributed by atoms with Crippen molar-refractivity contribution >= 4 is 17.0 Å². The lowest BCUT2D eigenvalue weighted by Crippen LogP contribution is -2.29. The SMILES string of the molecule is c1nc(CCNCc2ccc(N3CCCCC3)cc2)cs1. The lowest BCUT2D eigenvalue weighted by atomic mass is 10.1. The summed E-state index contributed by atoms with van der Waals surface area (Å²) in [5, 5.41) is 5.61. The molecule has 0 atom stereocenters. The van der Waals surface area contributed by atoms with Gasteiger partial charge >= 0.3 is 0 Å². The quantitative estimate of drug-likeness (QED) is 0.828. The molecule has 1 aliphatic rings. The van der Waals surface area contributed by atoms with Crippen molar-refractivity contribution in [1.29, 1.82) is 0 Å². The summed E-state index contributed by atoms with van der Waals surface area (Å²) < 4.78 is 0. The summed E-state index contributed by atoms with van der Waals surface area (Å²) in [5.74, 6) is 0. The van der Waals surface area contributed by atoms with Gasteiger partial charge in [0.2, 0.25) is 0 Å². The van der Waals surface area contributed by atoms with Gasteiger partial charge in [-0.15, -0.1) is 11.3 Å². The molecule has 1 N–H and O–H groups in total. The molecule has 112 valence electrons. The Balaban J connectivity index is 1.43. The number of thiazole rings is 1. The van der Waals surface area contributed by atoms with Crippen LogP contribution in [0.15, 0.2) is 35.2 Å². The molecule has 3 rings (SSSR count). The van der Waals surface area contributed by atoms with E-state index in [1.807, 2.05) is 5.51 Å². The van der Waals surface area contributed by atoms with Crippen LogP contribution in [-0.4, -0.2) is 24.6 Å². The average Bonchev–Trinajstić information content (AvgIpc) is 3.06. The van der Waals surface area contributed by atoms with E-state index in [9.17, 15) is 0 Å². The van der Waals surface area contributed by atoms with Crippen LogP contribution in [0, 0.1) is 0 Å². The van der Waals surface area contributed by atoms with Crippen LogP contribution in [0.25, 0.3) is 0 Å². The van der Waals surface area contributed by atoms with Crippen molar-refractivity contribution in [1.82, 2.24) is 10.3 Å². The van der Waals surface area contributed by atoms with Gasteiger partial charge in [-0.1, -0.05) is 12.1 Å². The molecule has 0 aliphatic carbocycles. The summed E-state index contributed by atoms with van der Waals surface area (Å²) in [7, 11) is 0. The Bertz CT molecular complexity index is 515. The first-order chi connectivity index (χ1) is 10.4. The number of nitrogens with zero attached hydrogens (tertiary/aromatic N) is 2. The zero-order valence-corrected chi connectivity index (χ0v) is 13.2. The molecule has 1 aliphatic heterocycles. The Morgan fingerprint density at radius 2 is 1.90 bits per heavy atom. The fourth-order valence-corrected chi connectivity index (χ4v) is 3.38. The number of nitrogens with one attached hydrogen (secondary N) is 1. The van der Waals surface area contributed by atoms with Gasteiger partial charge in [0.05, 0.1) is 11.2 Å². The fraction of sp³-hybridized carbons (Fsp3) is 0.471. The van der Waals surface area contributed by atoms with Gasteiger partial charge in [0.1, 0.15) is 0 Å². The first-order valence-electron chi connectivity index (χ1n) is 7.83. The van der Waals surface area contributed by atoms with Crippen molar-refractivity contribution in [3.63, 3.8) is 0 Å². The molecule has 1 aromatic carbocycles. The summed E-state index contributed by atoms with van der Waals surface area (Å²) in [5.41, 5.74) is 5.82. The minimum Gasteiger partial charge on any atom is -0.372 e. The van der Waals surface area contributed by atoms with Gasteiger partial charge in [-0.25, -0.2) is 4.98 Å². The first-order valence-corrected chi connectivity index (χ1v) is 8.78. The molecular weight excluding hydrogens is 278 g/mol. The van der Waals surface area contributed by atoms with Crippen molar-refractivity contribution in [2.75, 3.05) is 24.5 Å². The highest BCUT2D eigenvalue weighted by atomic mass is 32.1. The smallest absolute Gasteiger partial charge is 0.0794 e. The Kier molecular flexibility index (Phi) is 5.24. The van der Waals surface area contributed by atoms with Crippen molar-refractivity contribution in [3.8, 4) is 0 Å². The molecule has 2 aromatic rings. The highest BCUT2D eigenvalue weighted by Crippen LogP contribution is 2.20. The average molecular weight is 301 g/mol. The van der Waals surface area contributed by atoms with E-state index in [2.05, 4.69) is 44.8 Å². The van der Waals surface area contributed by atoms with Crippen LogP contribution in [0.1, 0.15) is 30.5 Å². The van der Waals surface area contributed by atoms with Crippen LogP contribution in [-0.2, 0) is 13.0 Å². The van der Waals surface area contributed by atoms with Gasteiger partial charge in [0, 0.05) is 43.7 Å². The Labute approximate surface area is 131 Å². The van der Waals surface area contributed by atoms with Crippen molar-refractivity contribution in [3.05, 3.63) is 46.4 Å². The maximum absolute atomic E-state index is 4.30. The van der Waals surface area contributed by atoms with Gasteiger partial charge in [0.25, 0.3) is 0 Å². The summed E-state index contributed by atoms with van der Waals surface area (Å²) >= 11 is 1.67. The van der Waals surface area contributed by atoms with E-state index in [4.69, 9.17) is 0 Å². The molecule has 0 spiro atoms. The molecule has 1 fully saturated rings. The molecule has 0 saturated carbocycles. The summed E-state index contributed by atoms with van der Waals surface area (Å²) in [6.45, 7) is 4.35. The number of anilines is 1. The molecule has 1 aromatic heterocycles. The maximum Gasteiger partial charge on any atom is 0.0794 e.